The van der Waals surface area contributed by atoms with Crippen molar-refractivity contribution in [2.45, 2.75) is 0 Å². The fraction of sp³-hybridized carbons (Fsp3) is 0.238. The number of carbonyl (C=O) groups excluding carboxylic acids is 1. The van der Waals surface area contributed by atoms with Gasteiger partial charge in [0.1, 0.15) is 10.8 Å². The second kappa shape index (κ2) is 8.00. The summed E-state index contributed by atoms with van der Waals surface area (Å²) in [7, 11) is 1.64. The van der Waals surface area contributed by atoms with Gasteiger partial charge in [-0.3, -0.25) is 4.79 Å². The number of hydrogen-bond donors (Lipinski definition) is 1. The van der Waals surface area contributed by atoms with Crippen LogP contribution in [0.3, 0.4) is 0 Å². The van der Waals surface area contributed by atoms with Crippen LogP contribution in [0.2, 0.25) is 0 Å². The SMILES string of the molecule is COc1ccccc1-c1csc(-c2cc(N3CCOCC3)ccc2C(N)=O)n1. The Labute approximate surface area is 167 Å². The summed E-state index contributed by atoms with van der Waals surface area (Å²) in [5.41, 5.74) is 9.61. The summed E-state index contributed by atoms with van der Waals surface area (Å²) >= 11 is 1.49. The zero-order valence-corrected chi connectivity index (χ0v) is 16.4. The Hall–Kier alpha value is -2.90. The molecular formula is C21H21N3O3S. The Bertz CT molecular complexity index is 996. The predicted octanol–water partition coefficient (Wildman–Crippen LogP) is 3.42. The van der Waals surface area contributed by atoms with E-state index in [1.165, 1.54) is 11.3 Å². The number of benzene rings is 2. The first kappa shape index (κ1) is 18.5. The molecule has 2 aromatic carbocycles. The number of carbonyl (C=O) groups is 1. The fourth-order valence-corrected chi connectivity index (χ4v) is 4.17. The highest BCUT2D eigenvalue weighted by molar-refractivity contribution is 7.13. The van der Waals surface area contributed by atoms with E-state index in [0.29, 0.717) is 18.8 Å². The lowest BCUT2D eigenvalue weighted by Gasteiger charge is -2.29. The average molecular weight is 395 g/mol. The summed E-state index contributed by atoms with van der Waals surface area (Å²) in [5, 5.41) is 2.73. The number of rotatable bonds is 5. The number of hydrogen-bond acceptors (Lipinski definition) is 6. The smallest absolute Gasteiger partial charge is 0.249 e. The van der Waals surface area contributed by atoms with Crippen LogP contribution in [0.5, 0.6) is 5.75 Å². The second-order valence-corrected chi connectivity index (χ2v) is 7.29. The minimum atomic E-state index is -0.461. The maximum absolute atomic E-state index is 12.0. The first-order valence-corrected chi connectivity index (χ1v) is 9.91. The van der Waals surface area contributed by atoms with Gasteiger partial charge in [0.05, 0.1) is 26.0 Å². The third kappa shape index (κ3) is 3.58. The molecule has 7 heteroatoms. The lowest BCUT2D eigenvalue weighted by molar-refractivity contribution is 0.100. The number of methoxy groups -OCH3 is 1. The number of amides is 1. The summed E-state index contributed by atoms with van der Waals surface area (Å²) in [4.78, 5) is 19.0. The Morgan fingerprint density at radius 3 is 2.71 bits per heavy atom. The molecule has 1 saturated heterocycles. The molecule has 0 saturated carbocycles. The number of ether oxygens (including phenoxy) is 2. The minimum Gasteiger partial charge on any atom is -0.496 e. The molecular weight excluding hydrogens is 374 g/mol. The first-order chi connectivity index (χ1) is 13.7. The van der Waals surface area contributed by atoms with E-state index in [1.54, 1.807) is 13.2 Å². The number of primary amides is 1. The number of nitrogens with zero attached hydrogens (tertiary/aromatic N) is 2. The molecule has 144 valence electrons. The highest BCUT2D eigenvalue weighted by Gasteiger charge is 2.19. The molecule has 6 nitrogen and oxygen atoms in total. The molecule has 2 N–H and O–H groups in total. The third-order valence-corrected chi connectivity index (χ3v) is 5.64. The van der Waals surface area contributed by atoms with Gasteiger partial charge in [-0.2, -0.15) is 0 Å². The van der Waals surface area contributed by atoms with Crippen molar-refractivity contribution in [2.24, 2.45) is 5.73 Å². The average Bonchev–Trinajstić information content (AvgIpc) is 3.24. The quantitative estimate of drug-likeness (QED) is 0.716. The van der Waals surface area contributed by atoms with Crippen LogP contribution < -0.4 is 15.4 Å². The van der Waals surface area contributed by atoms with E-state index < -0.39 is 5.91 Å². The fourth-order valence-electron chi connectivity index (χ4n) is 3.32. The molecule has 28 heavy (non-hydrogen) atoms. The van der Waals surface area contributed by atoms with Crippen LogP contribution >= 0.6 is 11.3 Å². The van der Waals surface area contributed by atoms with Crippen molar-refractivity contribution in [1.82, 2.24) is 4.98 Å². The van der Waals surface area contributed by atoms with Crippen molar-refractivity contribution in [3.8, 4) is 27.6 Å². The van der Waals surface area contributed by atoms with E-state index in [1.807, 2.05) is 41.8 Å². The molecule has 0 spiro atoms. The largest absolute Gasteiger partial charge is 0.496 e. The molecule has 0 radical (unpaired) electrons. The van der Waals surface area contributed by atoms with E-state index in [4.69, 9.17) is 20.2 Å². The van der Waals surface area contributed by atoms with E-state index in [9.17, 15) is 4.79 Å². The highest BCUT2D eigenvalue weighted by Crippen LogP contribution is 2.36. The molecule has 0 bridgehead atoms. The molecule has 1 amide bonds. The van der Waals surface area contributed by atoms with Crippen LogP contribution in [0.4, 0.5) is 5.69 Å². The van der Waals surface area contributed by atoms with Crippen LogP contribution in [0, 0.1) is 0 Å². The maximum atomic E-state index is 12.0. The Morgan fingerprint density at radius 2 is 1.96 bits per heavy atom. The molecule has 3 aromatic rings. The van der Waals surface area contributed by atoms with Gasteiger partial charge in [0.15, 0.2) is 0 Å². The topological polar surface area (TPSA) is 77.7 Å². The zero-order valence-electron chi connectivity index (χ0n) is 15.6. The molecule has 0 aliphatic carbocycles. The van der Waals surface area contributed by atoms with Gasteiger partial charge in [-0.05, 0) is 30.3 Å². The van der Waals surface area contributed by atoms with E-state index in [-0.39, 0.29) is 0 Å². The molecule has 1 aliphatic heterocycles. The molecule has 1 aromatic heterocycles. The van der Waals surface area contributed by atoms with Crippen LogP contribution in [-0.2, 0) is 4.74 Å². The Balaban J connectivity index is 1.75. The van der Waals surface area contributed by atoms with Gasteiger partial charge in [-0.25, -0.2) is 4.98 Å². The van der Waals surface area contributed by atoms with Crippen molar-refractivity contribution in [3.05, 3.63) is 53.4 Å². The molecule has 4 rings (SSSR count). The van der Waals surface area contributed by atoms with Gasteiger partial charge in [0.2, 0.25) is 5.91 Å². The predicted molar refractivity (Wildman–Crippen MR) is 111 cm³/mol. The van der Waals surface area contributed by atoms with Gasteiger partial charge in [-0.15, -0.1) is 11.3 Å². The normalized spacial score (nSPS) is 14.1. The molecule has 1 aliphatic rings. The summed E-state index contributed by atoms with van der Waals surface area (Å²) in [6, 6.07) is 13.5. The van der Waals surface area contributed by atoms with Crippen LogP contribution in [-0.4, -0.2) is 44.3 Å². The second-order valence-electron chi connectivity index (χ2n) is 6.43. The monoisotopic (exact) mass is 395 g/mol. The van der Waals surface area contributed by atoms with Gasteiger partial charge in [-0.1, -0.05) is 12.1 Å². The lowest BCUT2D eigenvalue weighted by Crippen LogP contribution is -2.36. The van der Waals surface area contributed by atoms with Crippen molar-refractivity contribution in [3.63, 3.8) is 0 Å². The summed E-state index contributed by atoms with van der Waals surface area (Å²) in [6.07, 6.45) is 0. The number of morpholine rings is 1. The minimum absolute atomic E-state index is 0.461. The van der Waals surface area contributed by atoms with E-state index in [2.05, 4.69) is 4.90 Å². The van der Waals surface area contributed by atoms with Crippen LogP contribution in [0.25, 0.3) is 21.8 Å². The van der Waals surface area contributed by atoms with E-state index in [0.717, 1.165) is 46.4 Å². The van der Waals surface area contributed by atoms with Crippen molar-refractivity contribution < 1.29 is 14.3 Å². The van der Waals surface area contributed by atoms with Crippen molar-refractivity contribution in [2.75, 3.05) is 38.3 Å². The van der Waals surface area contributed by atoms with Crippen LogP contribution in [0.15, 0.2) is 47.8 Å². The van der Waals surface area contributed by atoms with Crippen molar-refractivity contribution >= 4 is 22.9 Å². The Morgan fingerprint density at radius 1 is 1.18 bits per heavy atom. The number of aromatic nitrogens is 1. The van der Waals surface area contributed by atoms with Gasteiger partial charge >= 0.3 is 0 Å². The highest BCUT2D eigenvalue weighted by atomic mass is 32.1. The van der Waals surface area contributed by atoms with Crippen LogP contribution in [0.1, 0.15) is 10.4 Å². The number of thiazole rings is 1. The molecule has 2 heterocycles. The number of anilines is 1. The zero-order chi connectivity index (χ0) is 19.5. The molecule has 0 atom stereocenters. The summed E-state index contributed by atoms with van der Waals surface area (Å²) in [5.74, 6) is 0.300. The molecule has 0 unspecified atom stereocenters. The van der Waals surface area contributed by atoms with Crippen molar-refractivity contribution in [1.29, 1.82) is 0 Å². The molecule has 1 fully saturated rings. The first-order valence-electron chi connectivity index (χ1n) is 9.03. The Kier molecular flexibility index (Phi) is 5.27. The maximum Gasteiger partial charge on any atom is 0.249 e. The number of para-hydroxylation sites is 1. The lowest BCUT2D eigenvalue weighted by atomic mass is 10.1. The summed E-state index contributed by atoms with van der Waals surface area (Å²) < 4.78 is 10.9. The third-order valence-electron chi connectivity index (χ3n) is 4.76. The van der Waals surface area contributed by atoms with Gasteiger partial charge < -0.3 is 20.1 Å². The number of nitrogens with two attached hydrogens (primary N) is 1. The standard InChI is InChI=1S/C21H21N3O3S/c1-26-19-5-3-2-4-16(19)18-13-28-21(23-18)17-12-14(6-7-15(17)20(22)25)24-8-10-27-11-9-24/h2-7,12-13H,8-11H2,1H3,(H2,22,25). The summed E-state index contributed by atoms with van der Waals surface area (Å²) in [6.45, 7) is 3.03. The van der Waals surface area contributed by atoms with E-state index >= 15 is 0 Å². The van der Waals surface area contributed by atoms with Gasteiger partial charge in [0, 0.05) is 40.8 Å². The van der Waals surface area contributed by atoms with Gasteiger partial charge in [0.25, 0.3) is 0 Å².